The van der Waals surface area contributed by atoms with Gasteiger partial charge in [0, 0.05) is 18.7 Å². The number of carbonyl (C=O) groups excluding carboxylic acids is 1. The molecule has 0 atom stereocenters. The van der Waals surface area contributed by atoms with Gasteiger partial charge in [0.15, 0.2) is 5.78 Å². The van der Waals surface area contributed by atoms with Crippen LogP contribution in [0.15, 0.2) is 24.3 Å². The molecular formula is C13H20N2O5S2. The monoisotopic (exact) mass is 348 g/mol. The van der Waals surface area contributed by atoms with E-state index in [9.17, 15) is 21.6 Å². The van der Waals surface area contributed by atoms with Gasteiger partial charge in [-0.15, -0.1) is 0 Å². The number of nitrogens with zero attached hydrogens (tertiary/aromatic N) is 1. The third-order valence-electron chi connectivity index (χ3n) is 2.98. The first-order chi connectivity index (χ1) is 10.1. The first kappa shape index (κ1) is 18.6. The Bertz CT molecular complexity index is 724. The van der Waals surface area contributed by atoms with E-state index < -0.39 is 20.0 Å². The van der Waals surface area contributed by atoms with Crippen LogP contribution in [0.2, 0.25) is 0 Å². The maximum absolute atomic E-state index is 11.9. The van der Waals surface area contributed by atoms with Crippen LogP contribution in [-0.4, -0.2) is 47.7 Å². The van der Waals surface area contributed by atoms with Crippen LogP contribution in [0, 0.1) is 0 Å². The second kappa shape index (κ2) is 7.21. The van der Waals surface area contributed by atoms with E-state index in [1.807, 2.05) is 0 Å². The molecule has 0 radical (unpaired) electrons. The summed E-state index contributed by atoms with van der Waals surface area (Å²) in [7, 11) is -6.94. The number of ketones is 1. The number of carbonyl (C=O) groups is 1. The normalized spacial score (nSPS) is 12.1. The van der Waals surface area contributed by atoms with Crippen molar-refractivity contribution in [3.8, 4) is 0 Å². The predicted octanol–water partition coefficient (Wildman–Crippen LogP) is 0.595. The van der Waals surface area contributed by atoms with E-state index in [-0.39, 0.29) is 24.6 Å². The van der Waals surface area contributed by atoms with E-state index in [1.54, 1.807) is 0 Å². The van der Waals surface area contributed by atoms with Gasteiger partial charge in [-0.05, 0) is 38.1 Å². The van der Waals surface area contributed by atoms with E-state index in [0.717, 1.165) is 10.6 Å². The molecule has 7 nitrogen and oxygen atoms in total. The van der Waals surface area contributed by atoms with Crippen molar-refractivity contribution in [1.29, 1.82) is 0 Å². The maximum atomic E-state index is 11.9. The smallest absolute Gasteiger partial charge is 0.232 e. The largest absolute Gasteiger partial charge is 0.295 e. The third kappa shape index (κ3) is 5.39. The molecule has 124 valence electrons. The van der Waals surface area contributed by atoms with E-state index in [4.69, 9.17) is 0 Å². The van der Waals surface area contributed by atoms with Crippen molar-refractivity contribution in [3.05, 3.63) is 29.8 Å². The fourth-order valence-electron chi connectivity index (χ4n) is 1.75. The summed E-state index contributed by atoms with van der Waals surface area (Å²) in [6.45, 7) is 2.86. The molecular weight excluding hydrogens is 328 g/mol. The molecule has 1 aromatic carbocycles. The number of nitrogens with one attached hydrogen (secondary N) is 1. The zero-order valence-electron chi connectivity index (χ0n) is 12.7. The number of Topliss-reactive ketones (excluding diaryl/α,β-unsaturated/α-hetero) is 1. The first-order valence-corrected chi connectivity index (χ1v) is 10.1. The lowest BCUT2D eigenvalue weighted by Crippen LogP contribution is -2.38. The van der Waals surface area contributed by atoms with Gasteiger partial charge in [0.2, 0.25) is 20.0 Å². The second-order valence-electron chi connectivity index (χ2n) is 4.74. The summed E-state index contributed by atoms with van der Waals surface area (Å²) >= 11 is 0. The number of sulfonamides is 2. The lowest BCUT2D eigenvalue weighted by Gasteiger charge is -2.22. The van der Waals surface area contributed by atoms with Crippen molar-refractivity contribution < 1.29 is 21.6 Å². The molecule has 0 aliphatic rings. The quantitative estimate of drug-likeness (QED) is 0.693. The average Bonchev–Trinajstić information content (AvgIpc) is 2.42. The average molecular weight is 348 g/mol. The van der Waals surface area contributed by atoms with Crippen molar-refractivity contribution in [2.24, 2.45) is 0 Å². The highest BCUT2D eigenvalue weighted by molar-refractivity contribution is 7.92. The number of hydrogen-bond donors (Lipinski definition) is 1. The number of hydrogen-bond acceptors (Lipinski definition) is 5. The second-order valence-corrected chi connectivity index (χ2v) is 8.74. The molecule has 0 fully saturated rings. The molecule has 0 aromatic heterocycles. The Balaban J connectivity index is 2.93. The van der Waals surface area contributed by atoms with E-state index in [1.165, 1.54) is 38.1 Å². The molecule has 0 unspecified atom stereocenters. The van der Waals surface area contributed by atoms with Gasteiger partial charge in [-0.2, -0.15) is 0 Å². The zero-order valence-corrected chi connectivity index (χ0v) is 14.4. The van der Waals surface area contributed by atoms with Crippen molar-refractivity contribution in [2.75, 3.05) is 29.4 Å². The zero-order chi connectivity index (χ0) is 17.0. The van der Waals surface area contributed by atoms with Crippen LogP contribution in [-0.2, 0) is 20.0 Å². The molecule has 0 amide bonds. The van der Waals surface area contributed by atoms with Gasteiger partial charge < -0.3 is 0 Å². The fourth-order valence-corrected chi connectivity index (χ4v) is 3.29. The first-order valence-electron chi connectivity index (χ1n) is 6.63. The number of benzene rings is 1. The molecule has 0 saturated heterocycles. The van der Waals surface area contributed by atoms with Crippen LogP contribution in [0.3, 0.4) is 0 Å². The van der Waals surface area contributed by atoms with Crippen molar-refractivity contribution in [1.82, 2.24) is 4.72 Å². The summed E-state index contributed by atoms with van der Waals surface area (Å²) in [6.07, 6.45) is 1.04. The lowest BCUT2D eigenvalue weighted by molar-refractivity contribution is 0.101. The summed E-state index contributed by atoms with van der Waals surface area (Å²) in [4.78, 5) is 11.2. The molecule has 1 rings (SSSR count). The van der Waals surface area contributed by atoms with Crippen LogP contribution in [0.5, 0.6) is 0 Å². The molecule has 1 aromatic rings. The van der Waals surface area contributed by atoms with Gasteiger partial charge in [0.05, 0.1) is 17.7 Å². The molecule has 0 spiro atoms. The Labute approximate surface area is 131 Å². The Morgan fingerprint density at radius 2 is 1.68 bits per heavy atom. The molecule has 22 heavy (non-hydrogen) atoms. The van der Waals surface area contributed by atoms with Gasteiger partial charge in [0.1, 0.15) is 0 Å². The Kier molecular flexibility index (Phi) is 6.09. The van der Waals surface area contributed by atoms with Crippen molar-refractivity contribution in [2.45, 2.75) is 13.8 Å². The lowest BCUT2D eigenvalue weighted by atomic mass is 10.1. The van der Waals surface area contributed by atoms with Gasteiger partial charge in [0.25, 0.3) is 0 Å². The summed E-state index contributed by atoms with van der Waals surface area (Å²) in [5.74, 6) is -0.188. The minimum absolute atomic E-state index is 0.0301. The Hall–Kier alpha value is -1.45. The topological polar surface area (TPSA) is 101 Å². The van der Waals surface area contributed by atoms with E-state index >= 15 is 0 Å². The summed E-state index contributed by atoms with van der Waals surface area (Å²) in [5.41, 5.74) is 0.854. The van der Waals surface area contributed by atoms with Crippen LogP contribution in [0.4, 0.5) is 5.69 Å². The molecule has 9 heteroatoms. The number of rotatable bonds is 8. The minimum atomic E-state index is -3.56. The predicted molar refractivity (Wildman–Crippen MR) is 86.1 cm³/mol. The van der Waals surface area contributed by atoms with Gasteiger partial charge in [-0.1, -0.05) is 0 Å². The van der Waals surface area contributed by atoms with Crippen LogP contribution in [0.1, 0.15) is 24.2 Å². The van der Waals surface area contributed by atoms with Gasteiger partial charge in [-0.3, -0.25) is 9.10 Å². The molecule has 0 bridgehead atoms. The standard InChI is InChI=1S/C13H20N2O5S2/c1-4-22(19,20)14-9-10-15(21(3,17)18)13-7-5-12(6-8-13)11(2)16/h5-8,14H,4,9-10H2,1-3H3. The van der Waals surface area contributed by atoms with Gasteiger partial charge in [-0.25, -0.2) is 21.6 Å². The number of anilines is 1. The van der Waals surface area contributed by atoms with Crippen molar-refractivity contribution in [3.63, 3.8) is 0 Å². The molecule has 1 N–H and O–H groups in total. The highest BCUT2D eigenvalue weighted by Gasteiger charge is 2.18. The SMILES string of the molecule is CCS(=O)(=O)NCCN(c1ccc(C(C)=O)cc1)S(C)(=O)=O. The summed E-state index contributed by atoms with van der Waals surface area (Å²) < 4.78 is 49.9. The van der Waals surface area contributed by atoms with Gasteiger partial charge >= 0.3 is 0 Å². The van der Waals surface area contributed by atoms with Crippen LogP contribution in [0.25, 0.3) is 0 Å². The molecule has 0 aliphatic carbocycles. The highest BCUT2D eigenvalue weighted by Crippen LogP contribution is 2.18. The minimum Gasteiger partial charge on any atom is -0.295 e. The molecule has 0 aliphatic heterocycles. The molecule has 0 saturated carbocycles. The Morgan fingerprint density at radius 3 is 2.09 bits per heavy atom. The molecule has 0 heterocycles. The van der Waals surface area contributed by atoms with Crippen LogP contribution < -0.4 is 9.03 Å². The van der Waals surface area contributed by atoms with E-state index in [2.05, 4.69) is 4.72 Å². The third-order valence-corrected chi connectivity index (χ3v) is 5.58. The van der Waals surface area contributed by atoms with Crippen molar-refractivity contribution >= 4 is 31.5 Å². The van der Waals surface area contributed by atoms with E-state index in [0.29, 0.717) is 11.3 Å². The van der Waals surface area contributed by atoms with Crippen LogP contribution >= 0.6 is 0 Å². The Morgan fingerprint density at radius 1 is 1.14 bits per heavy atom. The fraction of sp³-hybridized carbons (Fsp3) is 0.462. The summed E-state index contributed by atoms with van der Waals surface area (Å²) in [6, 6.07) is 6.11. The summed E-state index contributed by atoms with van der Waals surface area (Å²) in [5, 5.41) is 0. The highest BCUT2D eigenvalue weighted by atomic mass is 32.2. The maximum Gasteiger partial charge on any atom is 0.232 e.